The van der Waals surface area contributed by atoms with Gasteiger partial charge in [-0.3, -0.25) is 14.7 Å². The molecule has 2 aromatic heterocycles. The van der Waals surface area contributed by atoms with Crippen molar-refractivity contribution in [3.63, 3.8) is 0 Å². The Morgan fingerprint density at radius 2 is 1.86 bits per heavy atom. The fraction of sp³-hybridized carbons (Fsp3) is 0.227. The zero-order valence-corrected chi connectivity index (χ0v) is 21.8. The average Bonchev–Trinajstić information content (AvgIpc) is 3.49. The number of para-hydroxylation sites is 1. The largest absolute Gasteiger partial charge is 0.486 e. The van der Waals surface area contributed by atoms with E-state index in [1.54, 1.807) is 31.4 Å². The Morgan fingerprint density at radius 3 is 2.63 bits per heavy atom. The van der Waals surface area contributed by atoms with Crippen molar-refractivity contribution in [2.45, 2.75) is 16.1 Å². The number of benzene rings is 2. The van der Waals surface area contributed by atoms with Gasteiger partial charge in [0.2, 0.25) is 11.0 Å². The van der Waals surface area contributed by atoms with Crippen molar-refractivity contribution in [1.29, 1.82) is 0 Å². The maximum Gasteiger partial charge on any atom is 0.236 e. The summed E-state index contributed by atoms with van der Waals surface area (Å²) in [6, 6.07) is 16.8. The molecule has 0 saturated carbocycles. The molecule has 0 fully saturated rings. The van der Waals surface area contributed by atoms with E-state index >= 15 is 0 Å². The summed E-state index contributed by atoms with van der Waals surface area (Å²) in [6.45, 7) is 0.821. The first-order chi connectivity index (χ1) is 17.1. The van der Waals surface area contributed by atoms with Gasteiger partial charge in [-0.15, -0.1) is 20.4 Å². The molecule has 9 nitrogen and oxygen atoms in total. The van der Waals surface area contributed by atoms with Crippen molar-refractivity contribution in [3.05, 3.63) is 65.4 Å². The number of nitrogens with one attached hydrogen (secondary N) is 1. The fourth-order valence-corrected chi connectivity index (χ4v) is 5.45. The topological polar surface area (TPSA) is 104 Å². The lowest BCUT2D eigenvalue weighted by molar-refractivity contribution is -0.113. The van der Waals surface area contributed by atoms with Crippen molar-refractivity contribution in [3.8, 4) is 11.4 Å². The number of thioether (sulfide) groups is 2. The highest BCUT2D eigenvalue weighted by Gasteiger charge is 2.17. The van der Waals surface area contributed by atoms with E-state index in [1.807, 2.05) is 34.9 Å². The first kappa shape index (κ1) is 25.5. The van der Waals surface area contributed by atoms with Crippen molar-refractivity contribution in [1.82, 2.24) is 25.0 Å². The third-order valence-corrected chi connectivity index (χ3v) is 7.51. The Labute approximate surface area is 219 Å². The van der Waals surface area contributed by atoms with Crippen LogP contribution >= 0.6 is 46.5 Å². The molecule has 0 aliphatic heterocycles. The second kappa shape index (κ2) is 12.9. The van der Waals surface area contributed by atoms with Crippen LogP contribution in [0.25, 0.3) is 5.69 Å². The van der Waals surface area contributed by atoms with E-state index < -0.39 is 0 Å². The molecule has 35 heavy (non-hydrogen) atoms. The summed E-state index contributed by atoms with van der Waals surface area (Å²) in [5.74, 6) is 1.97. The molecule has 13 heteroatoms. The van der Waals surface area contributed by atoms with E-state index in [2.05, 4.69) is 25.7 Å². The molecule has 0 bridgehead atoms. The Kier molecular flexibility index (Phi) is 9.37. The van der Waals surface area contributed by atoms with Gasteiger partial charge in [-0.1, -0.05) is 64.7 Å². The maximum absolute atomic E-state index is 12.5. The average molecular weight is 549 g/mol. The SMILES string of the molecule is COCCSc1nnc(NC(=O)CSc2nnc(COc3ccc(Cl)cc3)n2-c2ccccc2)s1. The summed E-state index contributed by atoms with van der Waals surface area (Å²) < 4.78 is 13.6. The Hall–Kier alpha value is -2.64. The minimum atomic E-state index is -0.207. The summed E-state index contributed by atoms with van der Waals surface area (Å²) in [5.41, 5.74) is 0.872. The molecule has 0 atom stereocenters. The highest BCUT2D eigenvalue weighted by Crippen LogP contribution is 2.27. The normalized spacial score (nSPS) is 10.9. The number of nitrogens with zero attached hydrogens (tertiary/aromatic N) is 5. The lowest BCUT2D eigenvalue weighted by atomic mass is 10.3. The predicted molar refractivity (Wildman–Crippen MR) is 139 cm³/mol. The Bertz CT molecular complexity index is 1240. The zero-order valence-electron chi connectivity index (χ0n) is 18.6. The molecule has 4 rings (SSSR count). The molecular weight excluding hydrogens is 528 g/mol. The number of ether oxygens (including phenoxy) is 2. The monoisotopic (exact) mass is 548 g/mol. The lowest BCUT2D eigenvalue weighted by Crippen LogP contribution is -2.14. The fourth-order valence-electron chi connectivity index (χ4n) is 2.82. The van der Waals surface area contributed by atoms with Gasteiger partial charge in [0.05, 0.1) is 12.4 Å². The van der Waals surface area contributed by atoms with E-state index in [9.17, 15) is 4.79 Å². The van der Waals surface area contributed by atoms with Gasteiger partial charge in [-0.25, -0.2) is 0 Å². The summed E-state index contributed by atoms with van der Waals surface area (Å²) in [4.78, 5) is 12.5. The zero-order chi connectivity index (χ0) is 24.5. The molecule has 2 aromatic carbocycles. The molecule has 1 N–H and O–H groups in total. The number of halogens is 1. The van der Waals surface area contributed by atoms with Crippen molar-refractivity contribution < 1.29 is 14.3 Å². The van der Waals surface area contributed by atoms with Gasteiger partial charge in [0.1, 0.15) is 12.4 Å². The van der Waals surface area contributed by atoms with Crippen LogP contribution in [0.3, 0.4) is 0 Å². The molecule has 2 heterocycles. The lowest BCUT2D eigenvalue weighted by Gasteiger charge is -2.11. The van der Waals surface area contributed by atoms with Gasteiger partial charge in [0, 0.05) is 23.6 Å². The highest BCUT2D eigenvalue weighted by molar-refractivity contribution is 8.01. The Morgan fingerprint density at radius 1 is 1.06 bits per heavy atom. The number of aromatic nitrogens is 5. The predicted octanol–water partition coefficient (Wildman–Crippen LogP) is 4.82. The van der Waals surface area contributed by atoms with E-state index in [-0.39, 0.29) is 18.3 Å². The molecule has 0 spiro atoms. The number of hydrogen-bond acceptors (Lipinski definition) is 10. The molecular formula is C22H21ClN6O3S3. The van der Waals surface area contributed by atoms with Crippen LogP contribution < -0.4 is 10.1 Å². The van der Waals surface area contributed by atoms with Crippen LogP contribution in [0, 0.1) is 0 Å². The van der Waals surface area contributed by atoms with Gasteiger partial charge in [0.25, 0.3) is 0 Å². The molecule has 0 aliphatic rings. The molecule has 0 aliphatic carbocycles. The number of rotatable bonds is 12. The van der Waals surface area contributed by atoms with Gasteiger partial charge in [-0.2, -0.15) is 0 Å². The maximum atomic E-state index is 12.5. The number of carbonyl (C=O) groups excluding carboxylic acids is 1. The van der Waals surface area contributed by atoms with Crippen molar-refractivity contribution in [2.75, 3.05) is 30.5 Å². The smallest absolute Gasteiger partial charge is 0.236 e. The summed E-state index contributed by atoms with van der Waals surface area (Å²) in [5, 5.41) is 21.2. The number of carbonyl (C=O) groups is 1. The third-order valence-electron chi connectivity index (χ3n) is 4.39. The minimum absolute atomic E-state index is 0.134. The van der Waals surface area contributed by atoms with E-state index in [0.29, 0.717) is 33.5 Å². The van der Waals surface area contributed by atoms with Crippen molar-refractivity contribution in [2.24, 2.45) is 0 Å². The first-order valence-electron chi connectivity index (χ1n) is 10.4. The second-order valence-electron chi connectivity index (χ2n) is 6.86. The number of anilines is 1. The summed E-state index contributed by atoms with van der Waals surface area (Å²) >= 11 is 10.1. The van der Waals surface area contributed by atoms with E-state index in [4.69, 9.17) is 21.1 Å². The standard InChI is InChI=1S/C22H21ClN6O3S3/c1-31-11-12-33-22-28-26-20(35-22)24-19(30)14-34-21-27-25-18(29(21)16-5-3-2-4-6-16)13-32-17-9-7-15(23)8-10-17/h2-10H,11-14H2,1H3,(H,24,26,30). The third kappa shape index (κ3) is 7.42. The number of amides is 1. The number of hydrogen-bond donors (Lipinski definition) is 1. The molecule has 0 unspecified atom stereocenters. The minimum Gasteiger partial charge on any atom is -0.486 e. The van der Waals surface area contributed by atoms with Gasteiger partial charge >= 0.3 is 0 Å². The Balaban J connectivity index is 1.40. The van der Waals surface area contributed by atoms with E-state index in [0.717, 1.165) is 15.8 Å². The van der Waals surface area contributed by atoms with E-state index in [1.165, 1.54) is 34.9 Å². The number of methoxy groups -OCH3 is 1. The highest BCUT2D eigenvalue weighted by atomic mass is 35.5. The van der Waals surface area contributed by atoms with Crippen LogP contribution in [0.4, 0.5) is 5.13 Å². The quantitative estimate of drug-likeness (QED) is 0.151. The summed E-state index contributed by atoms with van der Waals surface area (Å²) in [7, 11) is 1.65. The van der Waals surface area contributed by atoms with Crippen LogP contribution in [0.1, 0.15) is 5.82 Å². The molecule has 1 amide bonds. The van der Waals surface area contributed by atoms with Crippen LogP contribution in [0.2, 0.25) is 5.02 Å². The van der Waals surface area contributed by atoms with Gasteiger partial charge < -0.3 is 9.47 Å². The molecule has 182 valence electrons. The second-order valence-corrected chi connectivity index (χ2v) is 10.6. The molecule has 0 saturated heterocycles. The van der Waals surface area contributed by atoms with Crippen LogP contribution in [-0.2, 0) is 16.1 Å². The first-order valence-corrected chi connectivity index (χ1v) is 13.5. The van der Waals surface area contributed by atoms with Crippen LogP contribution in [-0.4, -0.2) is 56.1 Å². The van der Waals surface area contributed by atoms with Crippen LogP contribution in [0.5, 0.6) is 5.75 Å². The molecule has 0 radical (unpaired) electrons. The van der Waals surface area contributed by atoms with Crippen LogP contribution in [0.15, 0.2) is 64.1 Å². The van der Waals surface area contributed by atoms with Gasteiger partial charge in [0.15, 0.2) is 15.3 Å². The van der Waals surface area contributed by atoms with Crippen molar-refractivity contribution >= 4 is 57.5 Å². The van der Waals surface area contributed by atoms with Gasteiger partial charge in [-0.05, 0) is 36.4 Å². The summed E-state index contributed by atoms with van der Waals surface area (Å²) in [6.07, 6.45) is 0. The molecule has 4 aromatic rings.